The van der Waals surface area contributed by atoms with Crippen LogP contribution in [-0.2, 0) is 0 Å². The van der Waals surface area contributed by atoms with Gasteiger partial charge in [0.05, 0.1) is 5.56 Å². The lowest BCUT2D eigenvalue weighted by Gasteiger charge is -2.28. The number of aromatic nitrogens is 1. The van der Waals surface area contributed by atoms with Gasteiger partial charge in [-0.1, -0.05) is 0 Å². The van der Waals surface area contributed by atoms with Crippen molar-refractivity contribution >= 4 is 21.8 Å². The van der Waals surface area contributed by atoms with Crippen molar-refractivity contribution in [2.75, 3.05) is 26.7 Å². The first-order chi connectivity index (χ1) is 8.65. The van der Waals surface area contributed by atoms with Gasteiger partial charge in [-0.3, -0.25) is 4.79 Å². The molecule has 0 unspecified atom stereocenters. The highest BCUT2D eigenvalue weighted by atomic mass is 79.9. The largest absolute Gasteiger partial charge is 0.352 e. The lowest BCUT2D eigenvalue weighted by Crippen LogP contribution is -2.36. The Morgan fingerprint density at radius 1 is 1.50 bits per heavy atom. The molecule has 1 aliphatic heterocycles. The SMILES string of the molecule is CN1CCC(CNC(=O)c2ccc(Br)nc2)CC1. The molecule has 0 aromatic carbocycles. The third kappa shape index (κ3) is 3.78. The number of rotatable bonds is 3. The zero-order valence-corrected chi connectivity index (χ0v) is 12.1. The van der Waals surface area contributed by atoms with Crippen molar-refractivity contribution in [2.45, 2.75) is 12.8 Å². The van der Waals surface area contributed by atoms with E-state index < -0.39 is 0 Å². The van der Waals surface area contributed by atoms with E-state index in [0.29, 0.717) is 11.5 Å². The highest BCUT2D eigenvalue weighted by molar-refractivity contribution is 9.10. The van der Waals surface area contributed by atoms with Crippen LogP contribution in [0.3, 0.4) is 0 Å². The molecule has 1 saturated heterocycles. The highest BCUT2D eigenvalue weighted by Crippen LogP contribution is 2.15. The fourth-order valence-corrected chi connectivity index (χ4v) is 2.35. The van der Waals surface area contributed by atoms with E-state index in [9.17, 15) is 4.79 Å². The van der Waals surface area contributed by atoms with Gasteiger partial charge < -0.3 is 10.2 Å². The third-order valence-corrected chi connectivity index (χ3v) is 3.85. The van der Waals surface area contributed by atoms with E-state index in [1.165, 1.54) is 0 Å². The fraction of sp³-hybridized carbons (Fsp3) is 0.538. The molecule has 0 saturated carbocycles. The summed E-state index contributed by atoms with van der Waals surface area (Å²) in [5.41, 5.74) is 0.617. The predicted octanol–water partition coefficient (Wildman–Crippen LogP) is 1.92. The molecule has 0 atom stereocenters. The Hall–Kier alpha value is -0.940. The summed E-state index contributed by atoms with van der Waals surface area (Å²) in [5.74, 6) is 0.572. The molecule has 0 bridgehead atoms. The topological polar surface area (TPSA) is 45.2 Å². The first-order valence-electron chi connectivity index (χ1n) is 6.23. The van der Waals surface area contributed by atoms with Gasteiger partial charge in [0.15, 0.2) is 0 Å². The number of hydrogen-bond donors (Lipinski definition) is 1. The van der Waals surface area contributed by atoms with E-state index in [0.717, 1.165) is 37.1 Å². The molecule has 1 amide bonds. The van der Waals surface area contributed by atoms with Crippen molar-refractivity contribution in [1.29, 1.82) is 0 Å². The van der Waals surface area contributed by atoms with Crippen molar-refractivity contribution in [3.05, 3.63) is 28.5 Å². The molecule has 1 aromatic heterocycles. The number of amides is 1. The normalized spacial score (nSPS) is 17.7. The molecule has 2 heterocycles. The zero-order chi connectivity index (χ0) is 13.0. The second kappa shape index (κ2) is 6.29. The molecular formula is C13H18BrN3O. The fourth-order valence-electron chi connectivity index (χ4n) is 2.12. The van der Waals surface area contributed by atoms with Gasteiger partial charge in [-0.2, -0.15) is 0 Å². The van der Waals surface area contributed by atoms with Gasteiger partial charge in [0, 0.05) is 12.7 Å². The summed E-state index contributed by atoms with van der Waals surface area (Å²) < 4.78 is 0.745. The predicted molar refractivity (Wildman–Crippen MR) is 74.5 cm³/mol. The van der Waals surface area contributed by atoms with Crippen LogP contribution in [-0.4, -0.2) is 42.5 Å². The highest BCUT2D eigenvalue weighted by Gasteiger charge is 2.17. The molecule has 1 N–H and O–H groups in total. The first-order valence-corrected chi connectivity index (χ1v) is 7.03. The third-order valence-electron chi connectivity index (χ3n) is 3.38. The molecule has 5 heteroatoms. The molecule has 1 aliphatic rings. The summed E-state index contributed by atoms with van der Waals surface area (Å²) in [6.07, 6.45) is 3.92. The second-order valence-corrected chi connectivity index (χ2v) is 5.64. The van der Waals surface area contributed by atoms with E-state index in [-0.39, 0.29) is 5.91 Å². The van der Waals surface area contributed by atoms with Gasteiger partial charge >= 0.3 is 0 Å². The van der Waals surface area contributed by atoms with Crippen molar-refractivity contribution in [2.24, 2.45) is 5.92 Å². The van der Waals surface area contributed by atoms with Gasteiger partial charge in [-0.15, -0.1) is 0 Å². The smallest absolute Gasteiger partial charge is 0.252 e. The van der Waals surface area contributed by atoms with Crippen LogP contribution in [0, 0.1) is 5.92 Å². The number of carbonyl (C=O) groups is 1. The molecule has 98 valence electrons. The standard InChI is InChI=1S/C13H18BrN3O/c1-17-6-4-10(5-7-17)8-16-13(18)11-2-3-12(14)15-9-11/h2-3,9-10H,4-8H2,1H3,(H,16,18). The Morgan fingerprint density at radius 2 is 2.22 bits per heavy atom. The summed E-state index contributed by atoms with van der Waals surface area (Å²) >= 11 is 3.25. The maximum atomic E-state index is 11.9. The van der Waals surface area contributed by atoms with E-state index in [1.807, 2.05) is 0 Å². The summed E-state index contributed by atoms with van der Waals surface area (Å²) in [7, 11) is 2.14. The van der Waals surface area contributed by atoms with Gasteiger partial charge in [0.1, 0.15) is 4.60 Å². The Kier molecular flexibility index (Phi) is 4.72. The lowest BCUT2D eigenvalue weighted by atomic mass is 9.97. The summed E-state index contributed by atoms with van der Waals surface area (Å²) in [6.45, 7) is 3.02. The van der Waals surface area contributed by atoms with E-state index in [4.69, 9.17) is 0 Å². The minimum absolute atomic E-state index is 0.0334. The molecular weight excluding hydrogens is 294 g/mol. The average Bonchev–Trinajstić information content (AvgIpc) is 2.38. The zero-order valence-electron chi connectivity index (χ0n) is 10.5. The number of nitrogens with one attached hydrogen (secondary N) is 1. The van der Waals surface area contributed by atoms with Crippen molar-refractivity contribution in [3.63, 3.8) is 0 Å². The Balaban J connectivity index is 1.79. The van der Waals surface area contributed by atoms with Crippen molar-refractivity contribution in [3.8, 4) is 0 Å². The Bertz CT molecular complexity index is 399. The quantitative estimate of drug-likeness (QED) is 0.867. The molecule has 4 nitrogen and oxygen atoms in total. The van der Waals surface area contributed by atoms with Gasteiger partial charge in [0.2, 0.25) is 0 Å². The van der Waals surface area contributed by atoms with Gasteiger partial charge in [-0.25, -0.2) is 4.98 Å². The number of piperidine rings is 1. The summed E-state index contributed by atoms with van der Waals surface area (Å²) in [5, 5.41) is 2.99. The number of likely N-dealkylation sites (tertiary alicyclic amines) is 1. The first kappa shape index (κ1) is 13.5. The van der Waals surface area contributed by atoms with Crippen molar-refractivity contribution < 1.29 is 4.79 Å². The van der Waals surface area contributed by atoms with Crippen LogP contribution in [0.25, 0.3) is 0 Å². The summed E-state index contributed by atoms with van der Waals surface area (Å²) in [4.78, 5) is 18.3. The van der Waals surface area contributed by atoms with Crippen molar-refractivity contribution in [1.82, 2.24) is 15.2 Å². The van der Waals surface area contributed by atoms with Crippen LogP contribution in [0.1, 0.15) is 23.2 Å². The number of nitrogens with zero attached hydrogens (tertiary/aromatic N) is 2. The van der Waals surface area contributed by atoms with E-state index >= 15 is 0 Å². The van der Waals surface area contributed by atoms with E-state index in [2.05, 4.69) is 38.2 Å². The minimum Gasteiger partial charge on any atom is -0.352 e. The van der Waals surface area contributed by atoms with Gasteiger partial charge in [0.25, 0.3) is 5.91 Å². The monoisotopic (exact) mass is 311 g/mol. The summed E-state index contributed by atoms with van der Waals surface area (Å²) in [6, 6.07) is 3.56. The number of carbonyl (C=O) groups excluding carboxylic acids is 1. The minimum atomic E-state index is -0.0334. The van der Waals surface area contributed by atoms with Crippen LogP contribution in [0.2, 0.25) is 0 Å². The molecule has 0 spiro atoms. The number of halogens is 1. The van der Waals surface area contributed by atoms with E-state index in [1.54, 1.807) is 18.3 Å². The number of pyridine rings is 1. The van der Waals surface area contributed by atoms with Crippen LogP contribution in [0.15, 0.2) is 22.9 Å². The van der Waals surface area contributed by atoms with Crippen LogP contribution < -0.4 is 5.32 Å². The maximum Gasteiger partial charge on any atom is 0.252 e. The molecule has 1 aromatic rings. The molecule has 18 heavy (non-hydrogen) atoms. The Morgan fingerprint density at radius 3 is 2.83 bits per heavy atom. The molecule has 1 fully saturated rings. The number of hydrogen-bond acceptors (Lipinski definition) is 3. The second-order valence-electron chi connectivity index (χ2n) is 4.83. The Labute approximate surface area is 116 Å². The lowest BCUT2D eigenvalue weighted by molar-refractivity contribution is 0.0938. The van der Waals surface area contributed by atoms with Crippen LogP contribution >= 0.6 is 15.9 Å². The van der Waals surface area contributed by atoms with Crippen LogP contribution in [0.5, 0.6) is 0 Å². The molecule has 0 aliphatic carbocycles. The average molecular weight is 312 g/mol. The molecule has 2 rings (SSSR count). The van der Waals surface area contributed by atoms with Gasteiger partial charge in [-0.05, 0) is 67.0 Å². The molecule has 0 radical (unpaired) electrons. The van der Waals surface area contributed by atoms with Crippen LogP contribution in [0.4, 0.5) is 0 Å². The maximum absolute atomic E-state index is 11.9.